The van der Waals surface area contributed by atoms with Crippen LogP contribution in [0.4, 0.5) is 5.69 Å². The van der Waals surface area contributed by atoms with Crippen LogP contribution in [0.2, 0.25) is 0 Å². The third kappa shape index (κ3) is 1.75. The molecule has 0 radical (unpaired) electrons. The zero-order chi connectivity index (χ0) is 12.7. The SMILES string of the molecule is COc1ncc2cc([N+](=O)[O-])c(C3CC3)cc2n1. The van der Waals surface area contributed by atoms with Crippen molar-refractivity contribution in [2.24, 2.45) is 0 Å². The highest BCUT2D eigenvalue weighted by atomic mass is 16.6. The summed E-state index contributed by atoms with van der Waals surface area (Å²) >= 11 is 0. The summed E-state index contributed by atoms with van der Waals surface area (Å²) in [5, 5.41) is 11.7. The summed E-state index contributed by atoms with van der Waals surface area (Å²) in [7, 11) is 1.49. The molecule has 18 heavy (non-hydrogen) atoms. The number of ether oxygens (including phenoxy) is 1. The maximum Gasteiger partial charge on any atom is 0.316 e. The summed E-state index contributed by atoms with van der Waals surface area (Å²) in [6, 6.07) is 3.61. The van der Waals surface area contributed by atoms with Crippen LogP contribution in [0.1, 0.15) is 24.3 Å². The Bertz CT molecular complexity index is 638. The molecule has 0 unspecified atom stereocenters. The summed E-state index contributed by atoms with van der Waals surface area (Å²) < 4.78 is 4.96. The van der Waals surface area contributed by atoms with Gasteiger partial charge in [-0.15, -0.1) is 0 Å². The molecule has 1 saturated carbocycles. The maximum absolute atomic E-state index is 11.1. The van der Waals surface area contributed by atoms with E-state index < -0.39 is 0 Å². The molecule has 1 aliphatic rings. The van der Waals surface area contributed by atoms with Gasteiger partial charge in [0.1, 0.15) is 0 Å². The van der Waals surface area contributed by atoms with E-state index in [2.05, 4.69) is 9.97 Å². The fourth-order valence-corrected chi connectivity index (χ4v) is 2.04. The molecule has 6 heteroatoms. The van der Waals surface area contributed by atoms with Crippen molar-refractivity contribution >= 4 is 16.6 Å². The Morgan fingerprint density at radius 2 is 2.22 bits per heavy atom. The van der Waals surface area contributed by atoms with Gasteiger partial charge in [0.05, 0.1) is 17.5 Å². The zero-order valence-corrected chi connectivity index (χ0v) is 9.79. The van der Waals surface area contributed by atoms with Gasteiger partial charge in [-0.3, -0.25) is 10.1 Å². The van der Waals surface area contributed by atoms with Gasteiger partial charge in [-0.2, -0.15) is 4.98 Å². The lowest BCUT2D eigenvalue weighted by atomic mass is 10.1. The van der Waals surface area contributed by atoms with E-state index in [0.717, 1.165) is 18.4 Å². The molecule has 6 nitrogen and oxygen atoms in total. The van der Waals surface area contributed by atoms with Gasteiger partial charge in [0.25, 0.3) is 5.69 Å². The van der Waals surface area contributed by atoms with Crippen LogP contribution in [-0.4, -0.2) is 22.0 Å². The molecule has 1 aliphatic carbocycles. The van der Waals surface area contributed by atoms with Crippen molar-refractivity contribution in [2.75, 3.05) is 7.11 Å². The summed E-state index contributed by atoms with van der Waals surface area (Å²) in [6.45, 7) is 0. The fourth-order valence-electron chi connectivity index (χ4n) is 2.04. The molecule has 1 aromatic heterocycles. The minimum absolute atomic E-state index is 0.166. The van der Waals surface area contributed by atoms with Gasteiger partial charge >= 0.3 is 6.01 Å². The van der Waals surface area contributed by atoms with E-state index in [9.17, 15) is 10.1 Å². The molecule has 0 aliphatic heterocycles. The van der Waals surface area contributed by atoms with Crippen molar-refractivity contribution in [3.05, 3.63) is 34.0 Å². The number of nitrogens with zero attached hydrogens (tertiary/aromatic N) is 3. The number of rotatable bonds is 3. The second-order valence-electron chi connectivity index (χ2n) is 4.36. The Morgan fingerprint density at radius 1 is 1.44 bits per heavy atom. The first-order valence-corrected chi connectivity index (χ1v) is 5.68. The third-order valence-electron chi connectivity index (χ3n) is 3.10. The number of aromatic nitrogens is 2. The minimum atomic E-state index is -0.336. The molecular formula is C12H11N3O3. The van der Waals surface area contributed by atoms with Crippen molar-refractivity contribution in [1.29, 1.82) is 0 Å². The number of benzene rings is 1. The lowest BCUT2D eigenvalue weighted by Crippen LogP contribution is -1.97. The number of methoxy groups -OCH3 is 1. The highest BCUT2D eigenvalue weighted by Gasteiger charge is 2.31. The fraction of sp³-hybridized carbons (Fsp3) is 0.333. The van der Waals surface area contributed by atoms with E-state index in [4.69, 9.17) is 4.74 Å². The molecule has 0 atom stereocenters. The number of hydrogen-bond donors (Lipinski definition) is 0. The van der Waals surface area contributed by atoms with Crippen LogP contribution in [0.25, 0.3) is 10.9 Å². The summed E-state index contributed by atoms with van der Waals surface area (Å²) in [5.41, 5.74) is 1.63. The minimum Gasteiger partial charge on any atom is -0.467 e. The molecule has 0 N–H and O–H groups in total. The number of nitro benzene ring substituents is 1. The first-order chi connectivity index (χ1) is 8.69. The standard InChI is InChI=1S/C12H11N3O3/c1-18-12-13-6-8-4-11(15(16)17)9(7-2-3-7)5-10(8)14-12/h4-7H,2-3H2,1H3. The van der Waals surface area contributed by atoms with Gasteiger partial charge in [0, 0.05) is 23.2 Å². The molecule has 3 rings (SSSR count). The quantitative estimate of drug-likeness (QED) is 0.613. The average Bonchev–Trinajstić information content (AvgIpc) is 3.20. The monoisotopic (exact) mass is 245 g/mol. The smallest absolute Gasteiger partial charge is 0.316 e. The molecular weight excluding hydrogens is 234 g/mol. The van der Waals surface area contributed by atoms with Gasteiger partial charge in [0.15, 0.2) is 0 Å². The van der Waals surface area contributed by atoms with Crippen LogP contribution in [-0.2, 0) is 0 Å². The molecule has 0 saturated heterocycles. The molecule has 92 valence electrons. The van der Waals surface area contributed by atoms with Gasteiger partial charge in [-0.1, -0.05) is 0 Å². The van der Waals surface area contributed by atoms with E-state index in [-0.39, 0.29) is 16.6 Å². The van der Waals surface area contributed by atoms with Gasteiger partial charge in [0.2, 0.25) is 0 Å². The summed E-state index contributed by atoms with van der Waals surface area (Å²) in [5.74, 6) is 0.302. The lowest BCUT2D eigenvalue weighted by Gasteiger charge is -2.04. The summed E-state index contributed by atoms with van der Waals surface area (Å²) in [4.78, 5) is 18.9. The number of fused-ring (bicyclic) bond motifs is 1. The average molecular weight is 245 g/mol. The van der Waals surface area contributed by atoms with Crippen LogP contribution in [0, 0.1) is 10.1 Å². The molecule has 0 amide bonds. The largest absolute Gasteiger partial charge is 0.467 e. The van der Waals surface area contributed by atoms with Crippen molar-refractivity contribution < 1.29 is 9.66 Å². The molecule has 1 aromatic carbocycles. The van der Waals surface area contributed by atoms with Crippen molar-refractivity contribution in [2.45, 2.75) is 18.8 Å². The first-order valence-electron chi connectivity index (χ1n) is 5.68. The van der Waals surface area contributed by atoms with Crippen molar-refractivity contribution in [3.8, 4) is 6.01 Å². The molecule has 0 spiro atoms. The molecule has 1 heterocycles. The lowest BCUT2D eigenvalue weighted by molar-refractivity contribution is -0.385. The molecule has 2 aromatic rings. The van der Waals surface area contributed by atoms with Crippen LogP contribution < -0.4 is 4.74 Å². The Hall–Kier alpha value is -2.24. The van der Waals surface area contributed by atoms with Gasteiger partial charge < -0.3 is 4.74 Å². The molecule has 0 bridgehead atoms. The zero-order valence-electron chi connectivity index (χ0n) is 9.79. The molecule has 1 fully saturated rings. The van der Waals surface area contributed by atoms with Crippen LogP contribution >= 0.6 is 0 Å². The topological polar surface area (TPSA) is 78.2 Å². The van der Waals surface area contributed by atoms with Crippen LogP contribution in [0.15, 0.2) is 18.3 Å². The summed E-state index contributed by atoms with van der Waals surface area (Å²) in [6.07, 6.45) is 3.56. The predicted octanol–water partition coefficient (Wildman–Crippen LogP) is 2.42. The van der Waals surface area contributed by atoms with E-state index in [1.165, 1.54) is 7.11 Å². The Balaban J connectivity index is 2.22. The first kappa shape index (κ1) is 10.9. The van der Waals surface area contributed by atoms with Crippen molar-refractivity contribution in [1.82, 2.24) is 9.97 Å². The van der Waals surface area contributed by atoms with Crippen molar-refractivity contribution in [3.63, 3.8) is 0 Å². The Labute approximate surface area is 103 Å². The van der Waals surface area contributed by atoms with E-state index >= 15 is 0 Å². The predicted molar refractivity (Wildman–Crippen MR) is 64.7 cm³/mol. The van der Waals surface area contributed by atoms with Gasteiger partial charge in [-0.25, -0.2) is 4.98 Å². The van der Waals surface area contributed by atoms with E-state index in [1.807, 2.05) is 0 Å². The number of hydrogen-bond acceptors (Lipinski definition) is 5. The van der Waals surface area contributed by atoms with Crippen LogP contribution in [0.5, 0.6) is 6.01 Å². The highest BCUT2D eigenvalue weighted by molar-refractivity contribution is 5.82. The Kier molecular flexibility index (Phi) is 2.36. The Morgan fingerprint density at radius 3 is 2.83 bits per heavy atom. The maximum atomic E-state index is 11.1. The normalized spacial score (nSPS) is 14.7. The second kappa shape index (κ2) is 3.90. The third-order valence-corrected chi connectivity index (χ3v) is 3.10. The van der Waals surface area contributed by atoms with E-state index in [1.54, 1.807) is 18.3 Å². The second-order valence-corrected chi connectivity index (χ2v) is 4.36. The number of nitro groups is 1. The highest BCUT2D eigenvalue weighted by Crippen LogP contribution is 2.45. The van der Waals surface area contributed by atoms with E-state index in [0.29, 0.717) is 16.8 Å². The van der Waals surface area contributed by atoms with Crippen LogP contribution in [0.3, 0.4) is 0 Å². The van der Waals surface area contributed by atoms with Gasteiger partial charge in [-0.05, 0) is 24.8 Å².